The molecule has 1 atom stereocenters. The lowest BCUT2D eigenvalue weighted by Gasteiger charge is -2.47. The number of morpholine rings is 1. The third-order valence-electron chi connectivity index (χ3n) is 4.63. The summed E-state index contributed by atoms with van der Waals surface area (Å²) in [6, 6.07) is 0.203. The Morgan fingerprint density at radius 1 is 1.32 bits per heavy atom. The maximum atomic E-state index is 11.8. The number of ether oxygens (including phenoxy) is 1. The monoisotopic (exact) mass is 269 g/mol. The fourth-order valence-electron chi connectivity index (χ4n) is 3.61. The quantitative estimate of drug-likeness (QED) is 0.756. The van der Waals surface area contributed by atoms with E-state index in [1.54, 1.807) is 7.05 Å². The van der Waals surface area contributed by atoms with Crippen molar-refractivity contribution in [1.82, 2.24) is 15.5 Å². The number of likely N-dealkylation sites (N-methyl/N-ethyl adjacent to an activating group) is 1. The van der Waals surface area contributed by atoms with E-state index in [0.717, 1.165) is 26.3 Å². The molecule has 5 nitrogen and oxygen atoms in total. The Labute approximate surface area is 116 Å². The first-order chi connectivity index (χ1) is 9.19. The maximum Gasteiger partial charge on any atom is 0.234 e. The molecule has 1 amide bonds. The second-order valence-electron chi connectivity index (χ2n) is 5.73. The highest BCUT2D eigenvalue weighted by Crippen LogP contribution is 2.38. The molecule has 0 radical (unpaired) electrons. The molecule has 1 heterocycles. The van der Waals surface area contributed by atoms with Gasteiger partial charge >= 0.3 is 0 Å². The van der Waals surface area contributed by atoms with Crippen LogP contribution in [0.2, 0.25) is 0 Å². The molecule has 0 aromatic heterocycles. The standard InChI is InChI=1S/C14H27N3O2/c1-12(16-13(18)11-15-2)14(5-3-4-6-14)17-7-9-19-10-8-17/h12,15H,3-11H2,1-2H3,(H,16,18). The van der Waals surface area contributed by atoms with Gasteiger partial charge in [-0.05, 0) is 26.8 Å². The van der Waals surface area contributed by atoms with E-state index < -0.39 is 0 Å². The third-order valence-corrected chi connectivity index (χ3v) is 4.63. The fraction of sp³-hybridized carbons (Fsp3) is 0.929. The molecule has 2 fully saturated rings. The SMILES string of the molecule is CNCC(=O)NC(C)C1(N2CCOCC2)CCCC1. The van der Waals surface area contributed by atoms with Gasteiger partial charge in [0.25, 0.3) is 0 Å². The molecule has 2 N–H and O–H groups in total. The maximum absolute atomic E-state index is 11.8. The molecule has 1 saturated carbocycles. The minimum absolute atomic E-state index is 0.0922. The van der Waals surface area contributed by atoms with E-state index in [4.69, 9.17) is 4.74 Å². The molecule has 0 spiro atoms. The van der Waals surface area contributed by atoms with Crippen molar-refractivity contribution in [3.63, 3.8) is 0 Å². The van der Waals surface area contributed by atoms with Crippen molar-refractivity contribution in [2.24, 2.45) is 0 Å². The molecule has 1 unspecified atom stereocenters. The summed E-state index contributed by atoms with van der Waals surface area (Å²) < 4.78 is 5.46. The van der Waals surface area contributed by atoms with E-state index >= 15 is 0 Å². The second-order valence-corrected chi connectivity index (χ2v) is 5.73. The van der Waals surface area contributed by atoms with Gasteiger partial charge in [-0.25, -0.2) is 0 Å². The van der Waals surface area contributed by atoms with Gasteiger partial charge in [0.05, 0.1) is 19.8 Å². The average Bonchev–Trinajstić information content (AvgIpc) is 2.90. The summed E-state index contributed by atoms with van der Waals surface area (Å²) in [5, 5.41) is 6.09. The van der Waals surface area contributed by atoms with Gasteiger partial charge in [-0.1, -0.05) is 12.8 Å². The molecule has 2 aliphatic rings. The van der Waals surface area contributed by atoms with Gasteiger partial charge in [0, 0.05) is 24.7 Å². The van der Waals surface area contributed by atoms with Crippen molar-refractivity contribution < 1.29 is 9.53 Å². The number of carbonyl (C=O) groups excluding carboxylic acids is 1. The van der Waals surface area contributed by atoms with Crippen LogP contribution in [0.4, 0.5) is 0 Å². The summed E-state index contributed by atoms with van der Waals surface area (Å²) in [6.07, 6.45) is 4.91. The zero-order valence-electron chi connectivity index (χ0n) is 12.2. The van der Waals surface area contributed by atoms with Gasteiger partial charge in [0.15, 0.2) is 0 Å². The molecular weight excluding hydrogens is 242 g/mol. The molecule has 1 aliphatic heterocycles. The van der Waals surface area contributed by atoms with Crippen LogP contribution in [-0.4, -0.2) is 62.3 Å². The predicted octanol–water partition coefficient (Wildman–Crippen LogP) is 0.356. The third kappa shape index (κ3) is 3.27. The number of amides is 1. The van der Waals surface area contributed by atoms with Gasteiger partial charge in [-0.3, -0.25) is 9.69 Å². The Morgan fingerprint density at radius 2 is 1.95 bits per heavy atom. The van der Waals surface area contributed by atoms with Gasteiger partial charge in [-0.15, -0.1) is 0 Å². The molecule has 2 rings (SSSR count). The van der Waals surface area contributed by atoms with Crippen LogP contribution in [0.3, 0.4) is 0 Å². The van der Waals surface area contributed by atoms with Crippen LogP contribution in [0.1, 0.15) is 32.6 Å². The largest absolute Gasteiger partial charge is 0.379 e. The molecule has 110 valence electrons. The van der Waals surface area contributed by atoms with Crippen molar-refractivity contribution in [3.8, 4) is 0 Å². The van der Waals surface area contributed by atoms with Crippen molar-refractivity contribution >= 4 is 5.91 Å². The Morgan fingerprint density at radius 3 is 2.53 bits per heavy atom. The minimum Gasteiger partial charge on any atom is -0.379 e. The minimum atomic E-state index is 0.0922. The first-order valence-corrected chi connectivity index (χ1v) is 7.46. The summed E-state index contributed by atoms with van der Waals surface area (Å²) in [7, 11) is 1.80. The molecule has 0 aromatic carbocycles. The van der Waals surface area contributed by atoms with Crippen LogP contribution in [0.5, 0.6) is 0 Å². The lowest BCUT2D eigenvalue weighted by atomic mass is 9.86. The van der Waals surface area contributed by atoms with Crippen molar-refractivity contribution in [2.75, 3.05) is 39.9 Å². The summed E-state index contributed by atoms with van der Waals surface area (Å²) in [6.45, 7) is 6.17. The fourth-order valence-corrected chi connectivity index (χ4v) is 3.61. The Bertz CT molecular complexity index is 297. The van der Waals surface area contributed by atoms with E-state index in [1.807, 2.05) is 0 Å². The second kappa shape index (κ2) is 6.68. The first-order valence-electron chi connectivity index (χ1n) is 7.46. The van der Waals surface area contributed by atoms with Crippen LogP contribution in [0.25, 0.3) is 0 Å². The summed E-state index contributed by atoms with van der Waals surface area (Å²) in [4.78, 5) is 14.4. The normalized spacial score (nSPS) is 25.2. The Balaban J connectivity index is 2.03. The van der Waals surface area contributed by atoms with E-state index in [9.17, 15) is 4.79 Å². The number of nitrogens with one attached hydrogen (secondary N) is 2. The highest BCUT2D eigenvalue weighted by Gasteiger charge is 2.44. The topological polar surface area (TPSA) is 53.6 Å². The number of rotatable bonds is 5. The molecule has 1 saturated heterocycles. The highest BCUT2D eigenvalue weighted by atomic mass is 16.5. The highest BCUT2D eigenvalue weighted by molar-refractivity contribution is 5.78. The smallest absolute Gasteiger partial charge is 0.234 e. The van der Waals surface area contributed by atoms with Gasteiger partial charge in [-0.2, -0.15) is 0 Å². The summed E-state index contributed by atoms with van der Waals surface area (Å²) >= 11 is 0. The lowest BCUT2D eigenvalue weighted by Crippen LogP contribution is -2.62. The Kier molecular flexibility index (Phi) is 5.19. The van der Waals surface area contributed by atoms with Crippen LogP contribution in [0, 0.1) is 0 Å². The molecule has 19 heavy (non-hydrogen) atoms. The van der Waals surface area contributed by atoms with Crippen LogP contribution in [-0.2, 0) is 9.53 Å². The van der Waals surface area contributed by atoms with E-state index in [0.29, 0.717) is 6.54 Å². The van der Waals surface area contributed by atoms with Crippen molar-refractivity contribution in [2.45, 2.75) is 44.2 Å². The molecule has 0 bridgehead atoms. The number of nitrogens with zero attached hydrogens (tertiary/aromatic N) is 1. The van der Waals surface area contributed by atoms with Gasteiger partial charge < -0.3 is 15.4 Å². The predicted molar refractivity (Wildman–Crippen MR) is 75.1 cm³/mol. The van der Waals surface area contributed by atoms with E-state index in [1.165, 1.54) is 25.7 Å². The zero-order chi connectivity index (χ0) is 13.7. The van der Waals surface area contributed by atoms with Gasteiger partial charge in [0.1, 0.15) is 0 Å². The number of carbonyl (C=O) groups is 1. The van der Waals surface area contributed by atoms with E-state index in [-0.39, 0.29) is 17.5 Å². The van der Waals surface area contributed by atoms with Crippen LogP contribution < -0.4 is 10.6 Å². The van der Waals surface area contributed by atoms with Crippen LogP contribution in [0.15, 0.2) is 0 Å². The van der Waals surface area contributed by atoms with Crippen molar-refractivity contribution in [1.29, 1.82) is 0 Å². The Hall–Kier alpha value is -0.650. The van der Waals surface area contributed by atoms with Crippen LogP contribution >= 0.6 is 0 Å². The summed E-state index contributed by atoms with van der Waals surface area (Å²) in [5.74, 6) is 0.0922. The molecule has 0 aromatic rings. The zero-order valence-corrected chi connectivity index (χ0v) is 12.2. The van der Waals surface area contributed by atoms with E-state index in [2.05, 4.69) is 22.5 Å². The summed E-state index contributed by atoms with van der Waals surface area (Å²) in [5.41, 5.74) is 0.146. The number of hydrogen-bond donors (Lipinski definition) is 2. The molecule has 5 heteroatoms. The number of hydrogen-bond acceptors (Lipinski definition) is 4. The average molecular weight is 269 g/mol. The molecular formula is C14H27N3O2. The first kappa shape index (κ1) is 14.8. The molecule has 1 aliphatic carbocycles. The van der Waals surface area contributed by atoms with Crippen molar-refractivity contribution in [3.05, 3.63) is 0 Å². The van der Waals surface area contributed by atoms with Gasteiger partial charge in [0.2, 0.25) is 5.91 Å². The lowest BCUT2D eigenvalue weighted by molar-refractivity contribution is -0.122.